The number of hydrogen-bond donors (Lipinski definition) is 0. The van der Waals surface area contributed by atoms with Gasteiger partial charge in [0.1, 0.15) is 0 Å². The number of aryl methyl sites for hydroxylation is 1. The van der Waals surface area contributed by atoms with Crippen molar-refractivity contribution in [3.05, 3.63) is 54.0 Å². The molecule has 0 aliphatic carbocycles. The topological polar surface area (TPSA) is 50.5 Å². The zero-order valence-corrected chi connectivity index (χ0v) is 12.9. The third kappa shape index (κ3) is 3.75. The van der Waals surface area contributed by atoms with Gasteiger partial charge >= 0.3 is 0 Å². The average Bonchev–Trinajstić information content (AvgIpc) is 2.96. The van der Waals surface area contributed by atoms with E-state index in [1.54, 1.807) is 37.3 Å². The van der Waals surface area contributed by atoms with Crippen molar-refractivity contribution in [3.8, 4) is 11.8 Å². The van der Waals surface area contributed by atoms with E-state index < -0.39 is 10.0 Å². The second-order valence-electron chi connectivity index (χ2n) is 4.64. The first kappa shape index (κ1) is 15.4. The number of rotatable bonds is 5. The smallest absolute Gasteiger partial charge is 0.244 e. The van der Waals surface area contributed by atoms with Gasteiger partial charge in [-0.25, -0.2) is 8.42 Å². The number of hydrogen-bond acceptors (Lipinski definition) is 3. The first-order chi connectivity index (χ1) is 10.0. The first-order valence-corrected chi connectivity index (χ1v) is 7.95. The van der Waals surface area contributed by atoms with Gasteiger partial charge in [0.15, 0.2) is 0 Å². The first-order valence-electron chi connectivity index (χ1n) is 6.51. The normalized spacial score (nSPS) is 11.2. The maximum Gasteiger partial charge on any atom is 0.244 e. The van der Waals surface area contributed by atoms with E-state index >= 15 is 0 Å². The Morgan fingerprint density at radius 2 is 1.90 bits per heavy atom. The largest absolute Gasteiger partial charge is 0.472 e. The minimum atomic E-state index is -3.58. The molecule has 2 rings (SSSR count). The summed E-state index contributed by atoms with van der Waals surface area (Å²) in [6.07, 6.45) is 3.06. The molecule has 1 aromatic heterocycles. The molecule has 2 aromatic rings. The summed E-state index contributed by atoms with van der Waals surface area (Å²) in [4.78, 5) is 0.273. The van der Waals surface area contributed by atoms with Crippen molar-refractivity contribution >= 4 is 10.0 Å². The molecule has 5 heteroatoms. The van der Waals surface area contributed by atoms with Gasteiger partial charge in [-0.05, 0) is 32.0 Å². The van der Waals surface area contributed by atoms with Gasteiger partial charge in [-0.1, -0.05) is 23.6 Å². The number of sulfonamides is 1. The summed E-state index contributed by atoms with van der Waals surface area (Å²) in [7, 11) is -3.58. The minimum Gasteiger partial charge on any atom is -0.472 e. The van der Waals surface area contributed by atoms with Crippen LogP contribution in [-0.2, 0) is 16.6 Å². The van der Waals surface area contributed by atoms with Crippen LogP contribution in [0.4, 0.5) is 0 Å². The van der Waals surface area contributed by atoms with Gasteiger partial charge in [-0.3, -0.25) is 0 Å². The molecule has 0 saturated carbocycles. The summed E-state index contributed by atoms with van der Waals surface area (Å²) in [5, 5.41) is 0. The van der Waals surface area contributed by atoms with Crippen LogP contribution in [0, 0.1) is 18.8 Å². The van der Waals surface area contributed by atoms with Gasteiger partial charge in [0.25, 0.3) is 0 Å². The maximum absolute atomic E-state index is 12.7. The molecule has 21 heavy (non-hydrogen) atoms. The summed E-state index contributed by atoms with van der Waals surface area (Å²) in [5.74, 6) is 5.55. The zero-order chi connectivity index (χ0) is 15.3. The summed E-state index contributed by atoms with van der Waals surface area (Å²) in [6.45, 7) is 4.00. The standard InChI is InChI=1S/C16H17NO3S/c1-3-4-10-17(12-15-9-11-20-13-15)21(18,19)16-7-5-14(2)6-8-16/h5-9,11,13H,10,12H2,1-2H3. The second-order valence-corrected chi connectivity index (χ2v) is 6.58. The number of benzene rings is 1. The lowest BCUT2D eigenvalue weighted by molar-refractivity contribution is 0.440. The van der Waals surface area contributed by atoms with E-state index in [2.05, 4.69) is 11.8 Å². The maximum atomic E-state index is 12.7. The fraction of sp³-hybridized carbons (Fsp3) is 0.250. The highest BCUT2D eigenvalue weighted by Crippen LogP contribution is 2.18. The van der Waals surface area contributed by atoms with Crippen LogP contribution in [-0.4, -0.2) is 19.3 Å². The quantitative estimate of drug-likeness (QED) is 0.798. The summed E-state index contributed by atoms with van der Waals surface area (Å²) < 4.78 is 31.7. The van der Waals surface area contributed by atoms with Crippen LogP contribution in [0.5, 0.6) is 0 Å². The Bertz CT molecular complexity index is 735. The molecular formula is C16H17NO3S. The van der Waals surface area contributed by atoms with Crippen molar-refractivity contribution in [2.24, 2.45) is 0 Å². The Kier molecular flexibility index (Phi) is 4.84. The predicted octanol–water partition coefficient (Wildman–Crippen LogP) is 2.80. The Morgan fingerprint density at radius 1 is 1.19 bits per heavy atom. The van der Waals surface area contributed by atoms with E-state index in [1.807, 2.05) is 6.92 Å². The molecule has 0 aliphatic heterocycles. The van der Waals surface area contributed by atoms with Crippen LogP contribution in [0.1, 0.15) is 18.1 Å². The summed E-state index contributed by atoms with van der Waals surface area (Å²) >= 11 is 0. The molecule has 1 heterocycles. The van der Waals surface area contributed by atoms with Gasteiger partial charge in [0, 0.05) is 12.1 Å². The van der Waals surface area contributed by atoms with Crippen LogP contribution in [0.3, 0.4) is 0 Å². The zero-order valence-electron chi connectivity index (χ0n) is 12.0. The molecule has 0 unspecified atom stereocenters. The van der Waals surface area contributed by atoms with E-state index in [4.69, 9.17) is 4.42 Å². The van der Waals surface area contributed by atoms with E-state index in [-0.39, 0.29) is 18.0 Å². The highest BCUT2D eigenvalue weighted by atomic mass is 32.2. The van der Waals surface area contributed by atoms with Crippen molar-refractivity contribution in [1.82, 2.24) is 4.31 Å². The average molecular weight is 303 g/mol. The van der Waals surface area contributed by atoms with Crippen LogP contribution in [0.15, 0.2) is 52.2 Å². The molecule has 0 bridgehead atoms. The molecule has 0 radical (unpaired) electrons. The van der Waals surface area contributed by atoms with Gasteiger partial charge in [0.2, 0.25) is 10.0 Å². The molecule has 4 nitrogen and oxygen atoms in total. The predicted molar refractivity (Wildman–Crippen MR) is 80.9 cm³/mol. The molecule has 110 valence electrons. The SMILES string of the molecule is CC#CCN(Cc1ccoc1)S(=O)(=O)c1ccc(C)cc1. The van der Waals surface area contributed by atoms with E-state index in [1.165, 1.54) is 16.8 Å². The van der Waals surface area contributed by atoms with Crippen molar-refractivity contribution < 1.29 is 12.8 Å². The Hall–Kier alpha value is -2.03. The Morgan fingerprint density at radius 3 is 2.48 bits per heavy atom. The van der Waals surface area contributed by atoms with E-state index in [0.29, 0.717) is 0 Å². The molecule has 0 spiro atoms. The van der Waals surface area contributed by atoms with Gasteiger partial charge < -0.3 is 4.42 Å². The fourth-order valence-corrected chi connectivity index (χ4v) is 3.17. The lowest BCUT2D eigenvalue weighted by Crippen LogP contribution is -2.31. The molecule has 0 fully saturated rings. The van der Waals surface area contributed by atoms with Crippen LogP contribution in [0.25, 0.3) is 0 Å². The third-order valence-corrected chi connectivity index (χ3v) is 4.84. The Balaban J connectivity index is 2.33. The van der Waals surface area contributed by atoms with Crippen molar-refractivity contribution in [2.45, 2.75) is 25.3 Å². The Labute approximate surface area is 125 Å². The summed E-state index contributed by atoms with van der Waals surface area (Å²) in [6, 6.07) is 8.55. The monoisotopic (exact) mass is 303 g/mol. The number of furan rings is 1. The van der Waals surface area contributed by atoms with Gasteiger partial charge in [0.05, 0.1) is 24.0 Å². The van der Waals surface area contributed by atoms with Crippen LogP contribution in [0.2, 0.25) is 0 Å². The van der Waals surface area contributed by atoms with Gasteiger partial charge in [-0.2, -0.15) is 4.31 Å². The van der Waals surface area contributed by atoms with Crippen molar-refractivity contribution in [2.75, 3.05) is 6.54 Å². The highest BCUT2D eigenvalue weighted by molar-refractivity contribution is 7.89. The summed E-state index contributed by atoms with van der Waals surface area (Å²) in [5.41, 5.74) is 1.81. The fourth-order valence-electron chi connectivity index (χ4n) is 1.84. The molecule has 0 N–H and O–H groups in total. The van der Waals surface area contributed by atoms with E-state index in [0.717, 1.165) is 11.1 Å². The highest BCUT2D eigenvalue weighted by Gasteiger charge is 2.24. The van der Waals surface area contributed by atoms with Crippen LogP contribution >= 0.6 is 0 Å². The molecule has 1 aromatic carbocycles. The van der Waals surface area contributed by atoms with Crippen molar-refractivity contribution in [3.63, 3.8) is 0 Å². The van der Waals surface area contributed by atoms with Gasteiger partial charge in [-0.15, -0.1) is 5.92 Å². The third-order valence-electron chi connectivity index (χ3n) is 3.03. The number of nitrogens with zero attached hydrogens (tertiary/aromatic N) is 1. The second kappa shape index (κ2) is 6.61. The molecule has 0 amide bonds. The van der Waals surface area contributed by atoms with Crippen molar-refractivity contribution in [1.29, 1.82) is 0 Å². The minimum absolute atomic E-state index is 0.151. The molecule has 0 saturated heterocycles. The molecular weight excluding hydrogens is 286 g/mol. The molecule has 0 atom stereocenters. The van der Waals surface area contributed by atoms with E-state index in [9.17, 15) is 8.42 Å². The van der Waals surface area contributed by atoms with Crippen LogP contribution < -0.4 is 0 Å². The lowest BCUT2D eigenvalue weighted by atomic mass is 10.2. The lowest BCUT2D eigenvalue weighted by Gasteiger charge is -2.19. The molecule has 0 aliphatic rings.